The summed E-state index contributed by atoms with van der Waals surface area (Å²) in [6.45, 7) is 4.12. The van der Waals surface area contributed by atoms with Gasteiger partial charge in [-0.05, 0) is 13.0 Å². The van der Waals surface area contributed by atoms with Crippen LogP contribution in [-0.4, -0.2) is 30.1 Å². The molecule has 0 aliphatic rings. The van der Waals surface area contributed by atoms with E-state index in [1.807, 2.05) is 6.92 Å². The Labute approximate surface area is 62.1 Å². The average Bonchev–Trinajstić information content (AvgIpc) is 1.80. The fraction of sp³-hybridized carbons (Fsp3) is 1.00. The highest BCUT2D eigenvalue weighted by Crippen LogP contribution is 1.87. The van der Waals surface area contributed by atoms with Gasteiger partial charge in [0, 0.05) is 18.4 Å². The first-order valence-electron chi connectivity index (χ1n) is 3.27. The molecule has 2 nitrogen and oxygen atoms in total. The number of aliphatic hydroxyl groups excluding tert-OH is 1. The van der Waals surface area contributed by atoms with Gasteiger partial charge in [0.25, 0.3) is 0 Å². The summed E-state index contributed by atoms with van der Waals surface area (Å²) in [4.78, 5) is 0. The lowest BCUT2D eigenvalue weighted by molar-refractivity contribution is 0.286. The minimum atomic E-state index is 0.272. The lowest BCUT2D eigenvalue weighted by Crippen LogP contribution is -2.22. The van der Waals surface area contributed by atoms with Crippen LogP contribution < -0.4 is 5.32 Å². The van der Waals surface area contributed by atoms with Gasteiger partial charge in [0.05, 0.1) is 0 Å². The Kier molecular flexibility index (Phi) is 6.58. The Morgan fingerprint density at radius 1 is 1.67 bits per heavy atom. The van der Waals surface area contributed by atoms with Crippen molar-refractivity contribution in [3.05, 3.63) is 0 Å². The first kappa shape index (κ1) is 9.27. The Morgan fingerprint density at radius 2 is 2.33 bits per heavy atom. The van der Waals surface area contributed by atoms with E-state index < -0.39 is 0 Å². The van der Waals surface area contributed by atoms with Crippen molar-refractivity contribution >= 4 is 12.6 Å². The summed E-state index contributed by atoms with van der Waals surface area (Å²) in [6.07, 6.45) is 0.834. The predicted molar refractivity (Wildman–Crippen MR) is 43.0 cm³/mol. The van der Waals surface area contributed by atoms with E-state index in [4.69, 9.17) is 5.11 Å². The molecule has 0 saturated heterocycles. The highest BCUT2D eigenvalue weighted by Gasteiger charge is 1.90. The molecular weight excluding hydrogens is 134 g/mol. The van der Waals surface area contributed by atoms with E-state index in [0.717, 1.165) is 19.5 Å². The standard InChI is InChI=1S/C6H15NOS/c1-6(9)5-7-3-2-4-8/h6-9H,2-5H2,1H3. The molecule has 1 unspecified atom stereocenters. The summed E-state index contributed by atoms with van der Waals surface area (Å²) in [6, 6.07) is 0. The lowest BCUT2D eigenvalue weighted by atomic mass is 10.4. The summed E-state index contributed by atoms with van der Waals surface area (Å²) in [7, 11) is 0. The van der Waals surface area contributed by atoms with Gasteiger partial charge >= 0.3 is 0 Å². The molecule has 2 N–H and O–H groups in total. The number of thiol groups is 1. The van der Waals surface area contributed by atoms with E-state index in [1.165, 1.54) is 0 Å². The Morgan fingerprint density at radius 3 is 2.78 bits per heavy atom. The van der Waals surface area contributed by atoms with E-state index >= 15 is 0 Å². The van der Waals surface area contributed by atoms with Gasteiger partial charge < -0.3 is 10.4 Å². The van der Waals surface area contributed by atoms with Crippen molar-refractivity contribution in [2.24, 2.45) is 0 Å². The zero-order chi connectivity index (χ0) is 7.11. The second-order valence-electron chi connectivity index (χ2n) is 2.13. The van der Waals surface area contributed by atoms with Crippen LogP contribution in [0, 0.1) is 0 Å². The van der Waals surface area contributed by atoms with Gasteiger partial charge in [-0.25, -0.2) is 0 Å². The Hall–Kier alpha value is 0.270. The van der Waals surface area contributed by atoms with Crippen LogP contribution in [-0.2, 0) is 0 Å². The summed E-state index contributed by atoms with van der Waals surface area (Å²) in [5, 5.41) is 11.9. The van der Waals surface area contributed by atoms with Gasteiger partial charge in [0.1, 0.15) is 0 Å². The summed E-state index contributed by atoms with van der Waals surface area (Å²) < 4.78 is 0. The molecule has 0 bridgehead atoms. The maximum Gasteiger partial charge on any atom is 0.0443 e. The molecule has 0 spiro atoms. The molecule has 0 radical (unpaired) electrons. The molecule has 0 fully saturated rings. The molecular formula is C6H15NOS. The van der Waals surface area contributed by atoms with Crippen LogP contribution in [0.15, 0.2) is 0 Å². The van der Waals surface area contributed by atoms with Gasteiger partial charge in [-0.3, -0.25) is 0 Å². The van der Waals surface area contributed by atoms with E-state index in [2.05, 4.69) is 17.9 Å². The van der Waals surface area contributed by atoms with Crippen molar-refractivity contribution in [1.29, 1.82) is 0 Å². The maximum absolute atomic E-state index is 8.37. The summed E-state index contributed by atoms with van der Waals surface area (Å²) >= 11 is 4.18. The Balaban J connectivity index is 2.75. The zero-order valence-corrected chi connectivity index (χ0v) is 6.69. The Bertz CT molecular complexity index is 59.0. The van der Waals surface area contributed by atoms with Gasteiger partial charge in [-0.1, -0.05) is 6.92 Å². The van der Waals surface area contributed by atoms with Crippen LogP contribution in [0.3, 0.4) is 0 Å². The third kappa shape index (κ3) is 8.27. The molecule has 0 aromatic carbocycles. The lowest BCUT2D eigenvalue weighted by Gasteiger charge is -2.04. The number of nitrogens with one attached hydrogen (secondary N) is 1. The zero-order valence-electron chi connectivity index (χ0n) is 5.80. The van der Waals surface area contributed by atoms with Gasteiger partial charge in [0.15, 0.2) is 0 Å². The SMILES string of the molecule is CC(S)CNCCCO. The molecule has 0 aromatic rings. The molecule has 56 valence electrons. The van der Waals surface area contributed by atoms with Crippen LogP contribution in [0.4, 0.5) is 0 Å². The molecule has 1 atom stereocenters. The van der Waals surface area contributed by atoms with Gasteiger partial charge in [-0.15, -0.1) is 0 Å². The van der Waals surface area contributed by atoms with Crippen LogP contribution in [0.5, 0.6) is 0 Å². The number of hydrogen-bond donors (Lipinski definition) is 3. The highest BCUT2D eigenvalue weighted by atomic mass is 32.1. The average molecular weight is 149 g/mol. The first-order chi connectivity index (χ1) is 4.27. The molecule has 0 aliphatic heterocycles. The van der Waals surface area contributed by atoms with Gasteiger partial charge in [0.2, 0.25) is 0 Å². The van der Waals surface area contributed by atoms with E-state index in [1.54, 1.807) is 0 Å². The maximum atomic E-state index is 8.37. The molecule has 9 heavy (non-hydrogen) atoms. The molecule has 0 aromatic heterocycles. The quantitative estimate of drug-likeness (QED) is 0.387. The highest BCUT2D eigenvalue weighted by molar-refractivity contribution is 7.80. The normalized spacial score (nSPS) is 13.7. The molecule has 0 rings (SSSR count). The largest absolute Gasteiger partial charge is 0.396 e. The number of aliphatic hydroxyl groups is 1. The third-order valence-corrected chi connectivity index (χ3v) is 1.13. The van der Waals surface area contributed by atoms with Crippen LogP contribution in [0.2, 0.25) is 0 Å². The topological polar surface area (TPSA) is 32.3 Å². The third-order valence-electron chi connectivity index (χ3n) is 0.951. The van der Waals surface area contributed by atoms with Crippen molar-refractivity contribution in [2.75, 3.05) is 19.7 Å². The van der Waals surface area contributed by atoms with E-state index in [-0.39, 0.29) is 6.61 Å². The molecule has 0 aliphatic carbocycles. The van der Waals surface area contributed by atoms with Crippen molar-refractivity contribution in [1.82, 2.24) is 5.32 Å². The fourth-order valence-corrected chi connectivity index (χ4v) is 0.644. The first-order valence-corrected chi connectivity index (χ1v) is 3.78. The summed E-state index contributed by atoms with van der Waals surface area (Å²) in [5.41, 5.74) is 0. The molecule has 0 saturated carbocycles. The van der Waals surface area contributed by atoms with E-state index in [9.17, 15) is 0 Å². The second kappa shape index (κ2) is 6.39. The van der Waals surface area contributed by atoms with Crippen molar-refractivity contribution in [3.8, 4) is 0 Å². The summed E-state index contributed by atoms with van der Waals surface area (Å²) in [5.74, 6) is 0. The molecule has 0 amide bonds. The predicted octanol–water partition coefficient (Wildman–Crippen LogP) is 0.277. The minimum absolute atomic E-state index is 0.272. The molecule has 0 heterocycles. The van der Waals surface area contributed by atoms with Crippen molar-refractivity contribution in [3.63, 3.8) is 0 Å². The van der Waals surface area contributed by atoms with Crippen molar-refractivity contribution < 1.29 is 5.11 Å². The smallest absolute Gasteiger partial charge is 0.0443 e. The second-order valence-corrected chi connectivity index (χ2v) is 3.01. The van der Waals surface area contributed by atoms with Crippen molar-refractivity contribution in [2.45, 2.75) is 18.6 Å². The number of hydrogen-bond acceptors (Lipinski definition) is 3. The van der Waals surface area contributed by atoms with Gasteiger partial charge in [-0.2, -0.15) is 12.6 Å². The fourth-order valence-electron chi connectivity index (χ4n) is 0.515. The number of rotatable bonds is 5. The van der Waals surface area contributed by atoms with Crippen LogP contribution >= 0.6 is 12.6 Å². The van der Waals surface area contributed by atoms with E-state index in [0.29, 0.717) is 5.25 Å². The van der Waals surface area contributed by atoms with Crippen LogP contribution in [0.1, 0.15) is 13.3 Å². The van der Waals surface area contributed by atoms with Crippen LogP contribution in [0.25, 0.3) is 0 Å². The monoisotopic (exact) mass is 149 g/mol. The molecule has 3 heteroatoms. The minimum Gasteiger partial charge on any atom is -0.396 e.